The van der Waals surface area contributed by atoms with E-state index in [-0.39, 0.29) is 0 Å². The first-order valence-electron chi connectivity index (χ1n) is 6.43. The molecule has 102 valence electrons. The van der Waals surface area contributed by atoms with Gasteiger partial charge in [0.1, 0.15) is 0 Å². The normalized spacial score (nSPS) is 20.8. The summed E-state index contributed by atoms with van der Waals surface area (Å²) >= 11 is 1.56. The van der Waals surface area contributed by atoms with Crippen LogP contribution >= 0.6 is 11.3 Å². The first-order chi connectivity index (χ1) is 9.20. The first kappa shape index (κ1) is 12.6. The van der Waals surface area contributed by atoms with Crippen LogP contribution in [-0.2, 0) is 6.54 Å². The fourth-order valence-electron chi connectivity index (χ4n) is 2.50. The summed E-state index contributed by atoms with van der Waals surface area (Å²) in [6.45, 7) is 4.81. The molecule has 6 nitrogen and oxygen atoms in total. The summed E-state index contributed by atoms with van der Waals surface area (Å²) < 4.78 is 5.29. The minimum atomic E-state index is 0.347. The SMILES string of the molecule is Cc1noc(C2CCCN(Cc3cnc(N)s3)C2)n1. The van der Waals surface area contributed by atoms with Crippen LogP contribution in [0.3, 0.4) is 0 Å². The van der Waals surface area contributed by atoms with E-state index in [1.54, 1.807) is 11.3 Å². The maximum atomic E-state index is 5.66. The van der Waals surface area contributed by atoms with Gasteiger partial charge in [0.05, 0.1) is 5.92 Å². The lowest BCUT2D eigenvalue weighted by Crippen LogP contribution is -2.33. The van der Waals surface area contributed by atoms with Crippen molar-refractivity contribution in [2.24, 2.45) is 0 Å². The van der Waals surface area contributed by atoms with Gasteiger partial charge in [0.2, 0.25) is 5.89 Å². The van der Waals surface area contributed by atoms with Gasteiger partial charge in [0, 0.05) is 24.2 Å². The lowest BCUT2D eigenvalue weighted by atomic mass is 9.98. The zero-order chi connectivity index (χ0) is 13.2. The van der Waals surface area contributed by atoms with Gasteiger partial charge in [-0.3, -0.25) is 4.90 Å². The van der Waals surface area contributed by atoms with Crippen molar-refractivity contribution in [3.8, 4) is 0 Å². The zero-order valence-electron chi connectivity index (χ0n) is 10.9. The number of hydrogen-bond acceptors (Lipinski definition) is 7. The summed E-state index contributed by atoms with van der Waals surface area (Å²) in [6, 6.07) is 0. The van der Waals surface area contributed by atoms with Crippen LogP contribution in [0.25, 0.3) is 0 Å². The number of thiazole rings is 1. The second-order valence-electron chi connectivity index (χ2n) is 4.92. The molecule has 1 fully saturated rings. The van der Waals surface area contributed by atoms with Crippen LogP contribution in [0, 0.1) is 6.92 Å². The van der Waals surface area contributed by atoms with E-state index in [0.29, 0.717) is 16.9 Å². The number of rotatable bonds is 3. The fourth-order valence-corrected chi connectivity index (χ4v) is 3.22. The molecule has 1 unspecified atom stereocenters. The van der Waals surface area contributed by atoms with Crippen molar-refractivity contribution in [1.29, 1.82) is 0 Å². The monoisotopic (exact) mass is 279 g/mol. The minimum Gasteiger partial charge on any atom is -0.375 e. The molecule has 1 aliphatic heterocycles. The van der Waals surface area contributed by atoms with Gasteiger partial charge in [-0.2, -0.15) is 4.98 Å². The number of nitrogen functional groups attached to an aromatic ring is 1. The van der Waals surface area contributed by atoms with Crippen LogP contribution in [0.15, 0.2) is 10.7 Å². The molecule has 3 heterocycles. The van der Waals surface area contributed by atoms with Gasteiger partial charge in [0.25, 0.3) is 0 Å². The Bertz CT molecular complexity index is 552. The van der Waals surface area contributed by atoms with Gasteiger partial charge in [-0.1, -0.05) is 5.16 Å². The van der Waals surface area contributed by atoms with Gasteiger partial charge in [-0.05, 0) is 26.3 Å². The van der Waals surface area contributed by atoms with E-state index in [1.165, 1.54) is 4.88 Å². The third-order valence-electron chi connectivity index (χ3n) is 3.35. The first-order valence-corrected chi connectivity index (χ1v) is 7.25. The van der Waals surface area contributed by atoms with Crippen LogP contribution in [0.1, 0.15) is 35.4 Å². The lowest BCUT2D eigenvalue weighted by molar-refractivity contribution is 0.181. The topological polar surface area (TPSA) is 81.1 Å². The quantitative estimate of drug-likeness (QED) is 0.922. The van der Waals surface area contributed by atoms with E-state index in [4.69, 9.17) is 10.3 Å². The average molecular weight is 279 g/mol. The number of nitrogens with two attached hydrogens (primary N) is 1. The smallest absolute Gasteiger partial charge is 0.231 e. The number of likely N-dealkylation sites (tertiary alicyclic amines) is 1. The van der Waals surface area contributed by atoms with Crippen molar-refractivity contribution in [3.05, 3.63) is 22.8 Å². The van der Waals surface area contributed by atoms with Crippen LogP contribution < -0.4 is 5.73 Å². The molecule has 0 bridgehead atoms. The second-order valence-corrected chi connectivity index (χ2v) is 6.07. The molecule has 1 aliphatic rings. The molecule has 0 radical (unpaired) electrons. The predicted molar refractivity (Wildman–Crippen MR) is 72.8 cm³/mol. The van der Waals surface area contributed by atoms with Gasteiger partial charge >= 0.3 is 0 Å². The number of hydrogen-bond donors (Lipinski definition) is 1. The highest BCUT2D eigenvalue weighted by Crippen LogP contribution is 2.27. The Labute approximate surface area is 115 Å². The van der Waals surface area contributed by atoms with Crippen molar-refractivity contribution in [1.82, 2.24) is 20.0 Å². The standard InChI is InChI=1S/C12H17N5OS/c1-8-15-11(18-16-8)9-3-2-4-17(6-9)7-10-5-14-12(13)19-10/h5,9H,2-4,6-7H2,1H3,(H2,13,14). The fraction of sp³-hybridized carbons (Fsp3) is 0.583. The average Bonchev–Trinajstić information content (AvgIpc) is 2.99. The van der Waals surface area contributed by atoms with E-state index < -0.39 is 0 Å². The van der Waals surface area contributed by atoms with Crippen LogP contribution in [-0.4, -0.2) is 33.1 Å². The Kier molecular flexibility index (Phi) is 3.48. The molecule has 0 spiro atoms. The molecule has 2 aromatic rings. The maximum absolute atomic E-state index is 5.66. The van der Waals surface area contributed by atoms with Crippen LogP contribution in [0.2, 0.25) is 0 Å². The largest absolute Gasteiger partial charge is 0.375 e. The van der Waals surface area contributed by atoms with E-state index >= 15 is 0 Å². The third-order valence-corrected chi connectivity index (χ3v) is 4.16. The highest BCUT2D eigenvalue weighted by Gasteiger charge is 2.25. The van der Waals surface area contributed by atoms with E-state index in [1.807, 2.05) is 13.1 Å². The van der Waals surface area contributed by atoms with Gasteiger partial charge < -0.3 is 10.3 Å². The molecule has 1 saturated heterocycles. The Morgan fingerprint density at radius 1 is 1.58 bits per heavy atom. The van der Waals surface area contributed by atoms with Crippen molar-refractivity contribution in [2.75, 3.05) is 18.8 Å². The number of piperidine rings is 1. The van der Waals surface area contributed by atoms with Crippen molar-refractivity contribution in [3.63, 3.8) is 0 Å². The van der Waals surface area contributed by atoms with Gasteiger partial charge in [-0.15, -0.1) is 11.3 Å². The zero-order valence-corrected chi connectivity index (χ0v) is 11.7. The number of nitrogens with zero attached hydrogens (tertiary/aromatic N) is 4. The Morgan fingerprint density at radius 3 is 3.16 bits per heavy atom. The van der Waals surface area contributed by atoms with Crippen LogP contribution in [0.4, 0.5) is 5.13 Å². The van der Waals surface area contributed by atoms with E-state index in [0.717, 1.165) is 38.4 Å². The molecule has 3 rings (SSSR count). The van der Waals surface area contributed by atoms with Crippen LogP contribution in [0.5, 0.6) is 0 Å². The molecule has 2 N–H and O–H groups in total. The summed E-state index contributed by atoms with van der Waals surface area (Å²) in [4.78, 5) is 12.0. The molecule has 0 aromatic carbocycles. The van der Waals surface area contributed by atoms with Crippen molar-refractivity contribution < 1.29 is 4.52 Å². The minimum absolute atomic E-state index is 0.347. The molecule has 0 aliphatic carbocycles. The molecule has 0 amide bonds. The number of aryl methyl sites for hydroxylation is 1. The molecular formula is C12H17N5OS. The molecule has 1 atom stereocenters. The Balaban J connectivity index is 1.64. The number of anilines is 1. The highest BCUT2D eigenvalue weighted by molar-refractivity contribution is 7.15. The summed E-state index contributed by atoms with van der Waals surface area (Å²) in [5.41, 5.74) is 5.66. The molecule has 0 saturated carbocycles. The predicted octanol–water partition coefficient (Wildman–Crippen LogP) is 1.80. The molecule has 2 aromatic heterocycles. The Hall–Kier alpha value is -1.47. The van der Waals surface area contributed by atoms with Crippen molar-refractivity contribution in [2.45, 2.75) is 32.2 Å². The summed E-state index contributed by atoms with van der Waals surface area (Å²) in [6.07, 6.45) is 4.13. The molecule has 7 heteroatoms. The van der Waals surface area contributed by atoms with E-state index in [2.05, 4.69) is 20.0 Å². The van der Waals surface area contributed by atoms with Gasteiger partial charge in [0.15, 0.2) is 11.0 Å². The summed E-state index contributed by atoms with van der Waals surface area (Å²) in [5.74, 6) is 1.83. The van der Waals surface area contributed by atoms with Crippen molar-refractivity contribution >= 4 is 16.5 Å². The summed E-state index contributed by atoms with van der Waals surface area (Å²) in [5, 5.41) is 4.51. The molecular weight excluding hydrogens is 262 g/mol. The Morgan fingerprint density at radius 2 is 2.47 bits per heavy atom. The number of aromatic nitrogens is 3. The molecule has 19 heavy (non-hydrogen) atoms. The maximum Gasteiger partial charge on any atom is 0.231 e. The lowest BCUT2D eigenvalue weighted by Gasteiger charge is -2.30. The highest BCUT2D eigenvalue weighted by atomic mass is 32.1. The third kappa shape index (κ3) is 2.93. The van der Waals surface area contributed by atoms with E-state index in [9.17, 15) is 0 Å². The summed E-state index contributed by atoms with van der Waals surface area (Å²) in [7, 11) is 0. The second kappa shape index (κ2) is 5.26. The van der Waals surface area contributed by atoms with Gasteiger partial charge in [-0.25, -0.2) is 4.98 Å².